The van der Waals surface area contributed by atoms with Gasteiger partial charge in [-0.3, -0.25) is 4.57 Å². The molecule has 0 atom stereocenters. The second kappa shape index (κ2) is 21.5. The molecule has 0 bridgehead atoms. The number of aromatic nitrogens is 6. The Hall–Kier alpha value is -12.6. The first-order chi connectivity index (χ1) is 46.6. The predicted octanol–water partition coefficient (Wildman–Crippen LogP) is 22.9. The zero-order valence-electron chi connectivity index (χ0n) is 51.0. The smallest absolute Gasteiger partial charge is 0.235 e. The zero-order valence-corrected chi connectivity index (χ0v) is 51.0. The summed E-state index contributed by atoms with van der Waals surface area (Å²) in [6.45, 7) is 0. The van der Waals surface area contributed by atoms with Crippen molar-refractivity contribution in [3.63, 3.8) is 0 Å². The molecule has 0 aliphatic carbocycles. The Bertz CT molecular complexity index is 6210. The molecule has 0 N–H and O–H groups in total. The Morgan fingerprint density at radius 1 is 0.181 bits per heavy atom. The minimum absolute atomic E-state index is 0.579. The van der Waals surface area contributed by atoms with Crippen molar-refractivity contribution in [3.8, 4) is 90.0 Å². The Morgan fingerprint density at radius 2 is 0.511 bits per heavy atom. The standard InChI is InChI=1S/C88H56N6/c1-5-23-57(24-6-1)67-37-22-38-76(87(67)58-25-7-2-8-26-58)78-56-77(89-88(90-78)94-82-42-20-16-36-71(82)75-50-46-62(55-86(75)94)60-44-48-73-69-34-14-18-40-80(69)92(84(73)53-60)65-30-11-4-12-31-65)63-27-21-32-66(51-63)93-81-41-19-15-35-70(81)74-49-45-61(54-85(74)93)59-43-47-72-68-33-13-17-39-79(68)91(83(72)52-59)64-28-9-3-10-29-64/h1-56H. The molecule has 0 aliphatic rings. The van der Waals surface area contributed by atoms with Crippen molar-refractivity contribution in [2.75, 3.05) is 0 Å². The van der Waals surface area contributed by atoms with Gasteiger partial charge in [0.25, 0.3) is 0 Å². The van der Waals surface area contributed by atoms with Crippen LogP contribution in [-0.4, -0.2) is 28.2 Å². The number of benzene rings is 14. The van der Waals surface area contributed by atoms with Crippen LogP contribution in [-0.2, 0) is 0 Å². The second-order valence-corrected chi connectivity index (χ2v) is 24.5. The molecule has 0 fully saturated rings. The van der Waals surface area contributed by atoms with Gasteiger partial charge < -0.3 is 13.7 Å². The molecule has 5 aromatic heterocycles. The number of hydrogen-bond acceptors (Lipinski definition) is 2. The van der Waals surface area contributed by atoms with Gasteiger partial charge in [0.1, 0.15) is 0 Å². The number of para-hydroxylation sites is 6. The van der Waals surface area contributed by atoms with Gasteiger partial charge in [0.05, 0.1) is 55.5 Å². The molecule has 0 unspecified atom stereocenters. The largest absolute Gasteiger partial charge is 0.309 e. The summed E-state index contributed by atoms with van der Waals surface area (Å²) in [5, 5.41) is 9.53. The topological polar surface area (TPSA) is 45.5 Å². The molecule has 438 valence electrons. The highest BCUT2D eigenvalue weighted by molar-refractivity contribution is 6.14. The fourth-order valence-electron chi connectivity index (χ4n) is 15.0. The van der Waals surface area contributed by atoms with Crippen LogP contribution in [0.2, 0.25) is 0 Å². The molecule has 0 spiro atoms. The normalized spacial score (nSPS) is 11.8. The Balaban J connectivity index is 0.818. The van der Waals surface area contributed by atoms with Gasteiger partial charge in [0.2, 0.25) is 5.95 Å². The average Bonchev–Trinajstić information content (AvgIpc) is 2.07. The van der Waals surface area contributed by atoms with E-state index in [1.54, 1.807) is 0 Å². The van der Waals surface area contributed by atoms with Crippen molar-refractivity contribution in [2.24, 2.45) is 0 Å². The van der Waals surface area contributed by atoms with Gasteiger partial charge in [-0.25, -0.2) is 9.97 Å². The highest BCUT2D eigenvalue weighted by Gasteiger charge is 2.24. The van der Waals surface area contributed by atoms with E-state index in [9.17, 15) is 0 Å². The SMILES string of the molecule is c1ccc(-c2cccc(-c3cc(-c4cccc(-n5c6ccccc6c6ccc(-c7ccc8c9ccccc9n(-c9ccccc9)c8c7)cc65)c4)nc(-n4c5ccccc5c5ccc(-c6ccc7c8ccccc8n(-c8ccccc8)c7c6)cc54)n3)c2-c2ccccc2)cc1. The van der Waals surface area contributed by atoms with Crippen LogP contribution in [0, 0.1) is 0 Å². The molecule has 14 aromatic carbocycles. The highest BCUT2D eigenvalue weighted by atomic mass is 15.2. The summed E-state index contributed by atoms with van der Waals surface area (Å²) in [6, 6.07) is 123. The average molecular weight is 1200 g/mol. The highest BCUT2D eigenvalue weighted by Crippen LogP contribution is 2.44. The lowest BCUT2D eigenvalue weighted by Gasteiger charge is -2.18. The number of hydrogen-bond donors (Lipinski definition) is 0. The Kier molecular flexibility index (Phi) is 12.2. The number of rotatable bonds is 10. The molecular weight excluding hydrogens is 1140 g/mol. The van der Waals surface area contributed by atoms with Crippen LogP contribution >= 0.6 is 0 Å². The van der Waals surface area contributed by atoms with Crippen LogP contribution in [0.15, 0.2) is 340 Å². The van der Waals surface area contributed by atoms with Crippen molar-refractivity contribution in [1.82, 2.24) is 28.2 Å². The first-order valence-corrected chi connectivity index (χ1v) is 32.1. The molecule has 0 saturated heterocycles. The van der Waals surface area contributed by atoms with Crippen LogP contribution in [0.1, 0.15) is 0 Å². The lowest BCUT2D eigenvalue weighted by molar-refractivity contribution is 0.995. The van der Waals surface area contributed by atoms with Gasteiger partial charge >= 0.3 is 0 Å². The molecule has 94 heavy (non-hydrogen) atoms. The van der Waals surface area contributed by atoms with E-state index in [-0.39, 0.29) is 0 Å². The summed E-state index contributed by atoms with van der Waals surface area (Å²) in [7, 11) is 0. The third-order valence-corrected chi connectivity index (χ3v) is 19.2. The summed E-state index contributed by atoms with van der Waals surface area (Å²) in [5.41, 5.74) is 24.8. The van der Waals surface area contributed by atoms with E-state index in [1.807, 2.05) is 0 Å². The van der Waals surface area contributed by atoms with E-state index >= 15 is 0 Å². The Labute approximate surface area is 542 Å². The van der Waals surface area contributed by atoms with E-state index < -0.39 is 0 Å². The van der Waals surface area contributed by atoms with Crippen LogP contribution in [0.4, 0.5) is 0 Å². The lowest BCUT2D eigenvalue weighted by Crippen LogP contribution is -2.05. The summed E-state index contributed by atoms with van der Waals surface area (Å²) in [6.07, 6.45) is 0. The minimum atomic E-state index is 0.579. The Morgan fingerprint density at radius 3 is 0.979 bits per heavy atom. The van der Waals surface area contributed by atoms with Gasteiger partial charge in [-0.15, -0.1) is 0 Å². The monoisotopic (exact) mass is 1200 g/mol. The fraction of sp³-hybridized carbons (Fsp3) is 0. The van der Waals surface area contributed by atoms with Crippen LogP contribution in [0.25, 0.3) is 177 Å². The lowest BCUT2D eigenvalue weighted by atomic mass is 9.89. The maximum absolute atomic E-state index is 5.79. The number of nitrogens with zero attached hydrogens (tertiary/aromatic N) is 6. The molecule has 19 aromatic rings. The van der Waals surface area contributed by atoms with Gasteiger partial charge in [0.15, 0.2) is 0 Å². The third kappa shape index (κ3) is 8.51. The maximum Gasteiger partial charge on any atom is 0.235 e. The molecular formula is C88H56N6. The summed E-state index contributed by atoms with van der Waals surface area (Å²) < 4.78 is 9.51. The first-order valence-electron chi connectivity index (χ1n) is 32.1. The van der Waals surface area contributed by atoms with Crippen LogP contribution in [0.5, 0.6) is 0 Å². The molecule has 6 heteroatoms. The van der Waals surface area contributed by atoms with Crippen LogP contribution in [0.3, 0.4) is 0 Å². The predicted molar refractivity (Wildman–Crippen MR) is 392 cm³/mol. The molecule has 0 radical (unpaired) electrons. The molecule has 19 rings (SSSR count). The third-order valence-electron chi connectivity index (χ3n) is 19.2. The van der Waals surface area contributed by atoms with Crippen molar-refractivity contribution < 1.29 is 0 Å². The van der Waals surface area contributed by atoms with Gasteiger partial charge in [-0.2, -0.15) is 0 Å². The second-order valence-electron chi connectivity index (χ2n) is 24.5. The van der Waals surface area contributed by atoms with Crippen molar-refractivity contribution in [1.29, 1.82) is 0 Å². The van der Waals surface area contributed by atoms with Crippen molar-refractivity contribution >= 4 is 87.2 Å². The molecule has 6 nitrogen and oxygen atoms in total. The summed E-state index contributed by atoms with van der Waals surface area (Å²) in [4.78, 5) is 11.6. The minimum Gasteiger partial charge on any atom is -0.309 e. The summed E-state index contributed by atoms with van der Waals surface area (Å²) in [5.74, 6) is 0.579. The van der Waals surface area contributed by atoms with E-state index in [0.717, 1.165) is 122 Å². The first kappa shape index (κ1) is 53.2. The van der Waals surface area contributed by atoms with Gasteiger partial charge in [0, 0.05) is 71.3 Å². The molecule has 0 aliphatic heterocycles. The summed E-state index contributed by atoms with van der Waals surface area (Å²) >= 11 is 0. The van der Waals surface area contributed by atoms with Crippen molar-refractivity contribution in [2.45, 2.75) is 0 Å². The van der Waals surface area contributed by atoms with Crippen LogP contribution < -0.4 is 0 Å². The quantitative estimate of drug-likeness (QED) is 0.137. The number of fused-ring (bicyclic) bond motifs is 12. The van der Waals surface area contributed by atoms with E-state index in [2.05, 4.69) is 358 Å². The van der Waals surface area contributed by atoms with Gasteiger partial charge in [-0.05, 0) is 136 Å². The maximum atomic E-state index is 5.79. The van der Waals surface area contributed by atoms with E-state index in [4.69, 9.17) is 9.97 Å². The fourth-order valence-corrected chi connectivity index (χ4v) is 15.0. The van der Waals surface area contributed by atoms with E-state index in [1.165, 1.54) is 48.9 Å². The van der Waals surface area contributed by atoms with Gasteiger partial charge in [-0.1, -0.05) is 249 Å². The molecule has 0 saturated carbocycles. The molecule has 5 heterocycles. The molecule has 0 amide bonds. The van der Waals surface area contributed by atoms with Crippen molar-refractivity contribution in [3.05, 3.63) is 340 Å². The zero-order chi connectivity index (χ0) is 61.8. The van der Waals surface area contributed by atoms with E-state index in [0.29, 0.717) is 5.95 Å².